The monoisotopic (exact) mass is 705 g/mol. The lowest BCUT2D eigenvalue weighted by Gasteiger charge is -2.42. The zero-order chi connectivity index (χ0) is 35.4. The number of rotatable bonds is 12. The molecule has 2 aliphatic heterocycles. The average molecular weight is 706 g/mol. The van der Waals surface area contributed by atoms with Crippen LogP contribution in [0, 0.1) is 0 Å². The number of fused-ring (bicyclic) bond motifs is 1. The van der Waals surface area contributed by atoms with Gasteiger partial charge in [0.25, 0.3) is 0 Å². The quantitative estimate of drug-likeness (QED) is 0.219. The highest BCUT2D eigenvalue weighted by Gasteiger charge is 2.29. The average Bonchev–Trinajstić information content (AvgIpc) is 3.12. The Morgan fingerprint density at radius 1 is 0.960 bits per heavy atom. The largest absolute Gasteiger partial charge is 0.488 e. The molecule has 16 heteroatoms. The molecule has 0 unspecified atom stereocenters. The van der Waals surface area contributed by atoms with Crippen molar-refractivity contribution in [1.29, 1.82) is 0 Å². The normalized spacial score (nSPS) is 16.4. The van der Waals surface area contributed by atoms with E-state index in [1.54, 1.807) is 31.6 Å². The van der Waals surface area contributed by atoms with E-state index in [9.17, 15) is 8.42 Å². The van der Waals surface area contributed by atoms with Crippen LogP contribution in [0.25, 0.3) is 11.0 Å². The van der Waals surface area contributed by atoms with Gasteiger partial charge in [0.2, 0.25) is 21.9 Å². The minimum absolute atomic E-state index is 0.275. The van der Waals surface area contributed by atoms with Crippen LogP contribution in [0.4, 0.5) is 34.6 Å². The third-order valence-corrected chi connectivity index (χ3v) is 10.6. The molecule has 1 aromatic carbocycles. The predicted molar refractivity (Wildman–Crippen MR) is 197 cm³/mol. The molecule has 2 aliphatic rings. The standard InChI is InChI=1S/C34H47N11O4S/c1-7-23-21-27(33(48-5)41-32(23)45-15-11-24(12-16-45)44-19-17-42(3)18-20-44)39-34-37-22-28(49-8-2)31(40-34)38-26-10-9-25-29(36-14-13-35-25)30(26)43(4)50(6,46)47/h9-10,13-14,21-22,24H,7-8,11-12,15-20H2,1-6H3,(H2,37,38,39,40). The summed E-state index contributed by atoms with van der Waals surface area (Å²) in [4.78, 5) is 30.5. The van der Waals surface area contributed by atoms with Crippen molar-refractivity contribution >= 4 is 55.7 Å². The van der Waals surface area contributed by atoms with Crippen molar-refractivity contribution in [2.45, 2.75) is 39.2 Å². The van der Waals surface area contributed by atoms with Gasteiger partial charge in [0.05, 0.1) is 37.4 Å². The molecule has 50 heavy (non-hydrogen) atoms. The van der Waals surface area contributed by atoms with Gasteiger partial charge >= 0.3 is 0 Å². The Hall–Kier alpha value is -4.54. The molecule has 0 spiro atoms. The molecule has 0 aliphatic carbocycles. The first-order valence-corrected chi connectivity index (χ1v) is 18.9. The number of ether oxygens (including phenoxy) is 2. The maximum atomic E-state index is 12.7. The fourth-order valence-corrected chi connectivity index (χ4v) is 7.09. The van der Waals surface area contributed by atoms with Crippen LogP contribution in [0.3, 0.4) is 0 Å². The second kappa shape index (κ2) is 15.1. The van der Waals surface area contributed by atoms with Gasteiger partial charge in [0.1, 0.15) is 22.7 Å². The summed E-state index contributed by atoms with van der Waals surface area (Å²) in [6.45, 7) is 10.8. The molecular weight excluding hydrogens is 659 g/mol. The number of likely N-dealkylation sites (N-methyl/N-ethyl adjacent to an activating group) is 1. The van der Waals surface area contributed by atoms with Crippen LogP contribution in [0.2, 0.25) is 0 Å². The van der Waals surface area contributed by atoms with Gasteiger partial charge in [-0.1, -0.05) is 6.92 Å². The number of methoxy groups -OCH3 is 1. The number of anilines is 6. The summed E-state index contributed by atoms with van der Waals surface area (Å²) in [6.07, 6.45) is 8.80. The zero-order valence-electron chi connectivity index (χ0n) is 29.7. The van der Waals surface area contributed by atoms with Crippen LogP contribution in [0.15, 0.2) is 36.8 Å². The SMILES string of the molecule is CCOc1cnc(Nc2cc(CC)c(N3CCC(N4CCN(C)CC4)CC3)nc2OC)nc1Nc1ccc2nccnc2c1N(C)S(C)(=O)=O. The summed E-state index contributed by atoms with van der Waals surface area (Å²) in [5, 5.41) is 6.59. The number of pyridine rings is 1. The maximum Gasteiger partial charge on any atom is 0.239 e. The van der Waals surface area contributed by atoms with Crippen LogP contribution in [-0.4, -0.2) is 123 Å². The second-order valence-electron chi connectivity index (χ2n) is 12.6. The van der Waals surface area contributed by atoms with Gasteiger partial charge in [-0.15, -0.1) is 0 Å². The molecule has 15 nitrogen and oxygen atoms in total. The van der Waals surface area contributed by atoms with Crippen molar-refractivity contribution in [2.24, 2.45) is 0 Å². The summed E-state index contributed by atoms with van der Waals surface area (Å²) >= 11 is 0. The van der Waals surface area contributed by atoms with E-state index in [1.807, 2.05) is 6.92 Å². The summed E-state index contributed by atoms with van der Waals surface area (Å²) in [7, 11) is 1.63. The van der Waals surface area contributed by atoms with Gasteiger partial charge in [0, 0.05) is 64.8 Å². The molecule has 6 rings (SSSR count). The minimum Gasteiger partial charge on any atom is -0.488 e. The molecule has 0 bridgehead atoms. The van der Waals surface area contributed by atoms with E-state index in [4.69, 9.17) is 19.4 Å². The van der Waals surface area contributed by atoms with E-state index in [1.165, 1.54) is 17.5 Å². The number of aryl methyl sites for hydroxylation is 1. The number of hydrogen-bond acceptors (Lipinski definition) is 14. The van der Waals surface area contributed by atoms with E-state index in [0.29, 0.717) is 58.2 Å². The molecule has 0 amide bonds. The molecular formula is C34H47N11O4S. The zero-order valence-corrected chi connectivity index (χ0v) is 30.5. The van der Waals surface area contributed by atoms with Crippen molar-refractivity contribution in [2.75, 3.05) is 93.2 Å². The molecule has 5 heterocycles. The summed E-state index contributed by atoms with van der Waals surface area (Å²) in [6, 6.07) is 6.18. The minimum atomic E-state index is -3.65. The lowest BCUT2D eigenvalue weighted by molar-refractivity contribution is 0.0981. The molecule has 268 valence electrons. The molecule has 0 radical (unpaired) electrons. The van der Waals surface area contributed by atoms with Crippen molar-refractivity contribution < 1.29 is 17.9 Å². The smallest absolute Gasteiger partial charge is 0.239 e. The topological polar surface area (TPSA) is 154 Å². The second-order valence-corrected chi connectivity index (χ2v) is 14.7. The summed E-state index contributed by atoms with van der Waals surface area (Å²) in [5.74, 6) is 2.38. The van der Waals surface area contributed by atoms with Gasteiger partial charge in [-0.3, -0.25) is 19.2 Å². The van der Waals surface area contributed by atoms with Crippen LogP contribution in [0.1, 0.15) is 32.3 Å². The molecule has 2 saturated heterocycles. The fraction of sp³-hybridized carbons (Fsp3) is 0.500. The van der Waals surface area contributed by atoms with E-state index >= 15 is 0 Å². The number of hydrogen-bond donors (Lipinski definition) is 2. The van der Waals surface area contributed by atoms with Crippen LogP contribution < -0.4 is 29.3 Å². The predicted octanol–water partition coefficient (Wildman–Crippen LogP) is 3.88. The Morgan fingerprint density at radius 3 is 2.38 bits per heavy atom. The summed E-state index contributed by atoms with van der Waals surface area (Å²) in [5.41, 5.74) is 3.48. The lowest BCUT2D eigenvalue weighted by Crippen LogP contribution is -2.52. The lowest BCUT2D eigenvalue weighted by atomic mass is 10.0. The first-order chi connectivity index (χ1) is 24.1. The van der Waals surface area contributed by atoms with Gasteiger partial charge in [0.15, 0.2) is 11.6 Å². The van der Waals surface area contributed by atoms with Crippen molar-refractivity contribution in [1.82, 2.24) is 34.7 Å². The molecule has 2 N–H and O–H groups in total. The molecule has 0 atom stereocenters. The number of piperazine rings is 1. The first-order valence-electron chi connectivity index (χ1n) is 17.1. The van der Waals surface area contributed by atoms with E-state index in [0.717, 1.165) is 76.2 Å². The highest BCUT2D eigenvalue weighted by Crippen LogP contribution is 2.38. The van der Waals surface area contributed by atoms with Crippen LogP contribution >= 0.6 is 0 Å². The number of benzene rings is 1. The summed E-state index contributed by atoms with van der Waals surface area (Å²) < 4.78 is 38.2. The third-order valence-electron chi connectivity index (χ3n) is 9.42. The van der Waals surface area contributed by atoms with Gasteiger partial charge in [-0.25, -0.2) is 13.4 Å². The highest BCUT2D eigenvalue weighted by molar-refractivity contribution is 7.92. The Balaban J connectivity index is 1.27. The number of sulfonamides is 1. The molecule has 3 aromatic heterocycles. The van der Waals surface area contributed by atoms with Crippen LogP contribution in [0.5, 0.6) is 11.6 Å². The van der Waals surface area contributed by atoms with Crippen LogP contribution in [-0.2, 0) is 16.4 Å². The Labute approximate surface area is 294 Å². The van der Waals surface area contributed by atoms with Crippen molar-refractivity contribution in [3.63, 3.8) is 0 Å². The van der Waals surface area contributed by atoms with Crippen molar-refractivity contribution in [3.8, 4) is 11.6 Å². The number of piperidine rings is 1. The van der Waals surface area contributed by atoms with E-state index in [-0.39, 0.29) is 5.95 Å². The Kier molecular flexibility index (Phi) is 10.7. The van der Waals surface area contributed by atoms with Crippen molar-refractivity contribution in [3.05, 3.63) is 42.4 Å². The molecule has 0 saturated carbocycles. The highest BCUT2D eigenvalue weighted by atomic mass is 32.2. The number of aromatic nitrogens is 5. The Bertz CT molecular complexity index is 1910. The number of nitrogens with one attached hydrogen (secondary N) is 2. The fourth-order valence-electron chi connectivity index (χ4n) is 6.57. The third kappa shape index (κ3) is 7.61. The van der Waals surface area contributed by atoms with Gasteiger partial charge in [-0.2, -0.15) is 9.97 Å². The molecule has 4 aromatic rings. The maximum absolute atomic E-state index is 12.7. The van der Waals surface area contributed by atoms with E-state index in [2.05, 4.69) is 60.3 Å². The van der Waals surface area contributed by atoms with Gasteiger partial charge < -0.3 is 29.9 Å². The Morgan fingerprint density at radius 2 is 1.70 bits per heavy atom. The molecule has 2 fully saturated rings. The van der Waals surface area contributed by atoms with E-state index < -0.39 is 10.0 Å². The first kappa shape index (κ1) is 35.3. The van der Waals surface area contributed by atoms with Gasteiger partial charge in [-0.05, 0) is 57.0 Å². The number of nitrogens with zero attached hydrogens (tertiary/aromatic N) is 9.